The van der Waals surface area contributed by atoms with Gasteiger partial charge in [0.2, 0.25) is 0 Å². The summed E-state index contributed by atoms with van der Waals surface area (Å²) in [4.78, 5) is 24.4. The van der Waals surface area contributed by atoms with Gasteiger partial charge in [-0.25, -0.2) is 0 Å². The van der Waals surface area contributed by atoms with Crippen LogP contribution in [0.4, 0.5) is 5.69 Å². The van der Waals surface area contributed by atoms with Crippen LogP contribution >= 0.6 is 0 Å². The molecule has 0 unspecified atom stereocenters. The van der Waals surface area contributed by atoms with E-state index in [0.29, 0.717) is 17.0 Å². The topological polar surface area (TPSA) is 58.2 Å². The quantitative estimate of drug-likeness (QED) is 0.798. The van der Waals surface area contributed by atoms with Crippen molar-refractivity contribution in [1.82, 2.24) is 5.32 Å². The highest BCUT2D eigenvalue weighted by atomic mass is 16.2. The summed E-state index contributed by atoms with van der Waals surface area (Å²) in [6.45, 7) is 10.8. The zero-order valence-electron chi connectivity index (χ0n) is 16.2. The minimum atomic E-state index is -0.579. The lowest BCUT2D eigenvalue weighted by atomic mass is 9.69. The molecule has 0 atom stereocenters. The van der Waals surface area contributed by atoms with Crippen LogP contribution in [0, 0.1) is 25.2 Å². The van der Waals surface area contributed by atoms with Crippen molar-refractivity contribution in [2.24, 2.45) is 11.3 Å². The molecule has 1 saturated carbocycles. The smallest absolute Gasteiger partial charge is 0.313 e. The summed E-state index contributed by atoms with van der Waals surface area (Å²) in [5.74, 6) is -0.404. The van der Waals surface area contributed by atoms with Crippen molar-refractivity contribution in [2.75, 3.05) is 5.32 Å². The van der Waals surface area contributed by atoms with E-state index in [1.807, 2.05) is 32.0 Å². The van der Waals surface area contributed by atoms with Crippen LogP contribution in [0.2, 0.25) is 0 Å². The molecule has 0 bridgehead atoms. The molecular weight excluding hydrogens is 312 g/mol. The third kappa shape index (κ3) is 5.07. The second-order valence-corrected chi connectivity index (χ2v) is 8.14. The van der Waals surface area contributed by atoms with Crippen molar-refractivity contribution in [1.29, 1.82) is 0 Å². The van der Waals surface area contributed by atoms with Crippen molar-refractivity contribution in [3.8, 4) is 0 Å². The lowest BCUT2D eigenvalue weighted by Gasteiger charge is -2.39. The van der Waals surface area contributed by atoms with Gasteiger partial charge in [-0.3, -0.25) is 9.59 Å². The van der Waals surface area contributed by atoms with Crippen molar-refractivity contribution < 1.29 is 9.59 Å². The number of rotatable bonds is 4. The number of carbonyl (C=O) groups is 2. The van der Waals surface area contributed by atoms with Crippen LogP contribution in [0.5, 0.6) is 0 Å². The Kier molecular flexibility index (Phi) is 6.26. The van der Waals surface area contributed by atoms with Crippen molar-refractivity contribution >= 4 is 17.5 Å². The largest absolute Gasteiger partial charge is 0.345 e. The number of carbonyl (C=O) groups excluding carboxylic acids is 2. The summed E-state index contributed by atoms with van der Waals surface area (Å²) in [5.41, 5.74) is 3.07. The first-order chi connectivity index (χ1) is 11.7. The molecule has 1 aromatic carbocycles. The lowest BCUT2D eigenvalue weighted by Crippen LogP contribution is -2.44. The maximum absolute atomic E-state index is 12.2. The molecule has 1 aromatic rings. The van der Waals surface area contributed by atoms with Crippen LogP contribution in [-0.2, 0) is 9.59 Å². The number of anilines is 1. The third-order valence-electron chi connectivity index (χ3n) is 5.93. The van der Waals surface area contributed by atoms with E-state index in [9.17, 15) is 9.59 Å². The van der Waals surface area contributed by atoms with E-state index in [1.165, 1.54) is 6.42 Å². The van der Waals surface area contributed by atoms with E-state index in [4.69, 9.17) is 0 Å². The molecule has 2 rings (SSSR count). The predicted molar refractivity (Wildman–Crippen MR) is 103 cm³/mol. The summed E-state index contributed by atoms with van der Waals surface area (Å²) >= 11 is 0. The van der Waals surface area contributed by atoms with Crippen LogP contribution in [0.15, 0.2) is 18.2 Å². The van der Waals surface area contributed by atoms with Crippen molar-refractivity contribution in [3.63, 3.8) is 0 Å². The molecule has 1 fully saturated rings. The summed E-state index contributed by atoms with van der Waals surface area (Å²) < 4.78 is 0. The summed E-state index contributed by atoms with van der Waals surface area (Å²) in [7, 11) is 0. The third-order valence-corrected chi connectivity index (χ3v) is 5.93. The summed E-state index contributed by atoms with van der Waals surface area (Å²) in [5, 5.41) is 5.64. The Balaban J connectivity index is 1.86. The number of hydrogen-bond acceptors (Lipinski definition) is 2. The molecule has 0 aliphatic heterocycles. The minimum Gasteiger partial charge on any atom is -0.345 e. The lowest BCUT2D eigenvalue weighted by molar-refractivity contribution is -0.136. The summed E-state index contributed by atoms with van der Waals surface area (Å²) in [6, 6.07) is 5.93. The molecule has 0 saturated heterocycles. The predicted octanol–water partition coefficient (Wildman–Crippen LogP) is 4.35. The van der Waals surface area contributed by atoms with Crippen LogP contribution in [0.25, 0.3) is 0 Å². The second-order valence-electron chi connectivity index (χ2n) is 8.14. The van der Waals surface area contributed by atoms with Gasteiger partial charge < -0.3 is 10.6 Å². The first-order valence-corrected chi connectivity index (χ1v) is 9.42. The van der Waals surface area contributed by atoms with E-state index >= 15 is 0 Å². The van der Waals surface area contributed by atoms with Gasteiger partial charge in [0.05, 0.1) is 0 Å². The fraction of sp³-hybridized carbons (Fsp3) is 0.619. The average molecular weight is 344 g/mol. The van der Waals surface area contributed by atoms with Crippen LogP contribution in [0.1, 0.15) is 64.0 Å². The molecule has 25 heavy (non-hydrogen) atoms. The number of amides is 2. The Bertz CT molecular complexity index is 629. The molecule has 0 aromatic heterocycles. The number of benzene rings is 1. The molecule has 0 heterocycles. The zero-order chi connectivity index (χ0) is 18.6. The Morgan fingerprint density at radius 1 is 1.08 bits per heavy atom. The normalized spacial score (nSPS) is 20.8. The Labute approximate surface area is 151 Å². The van der Waals surface area contributed by atoms with E-state index in [1.54, 1.807) is 0 Å². The fourth-order valence-corrected chi connectivity index (χ4v) is 3.61. The van der Waals surface area contributed by atoms with E-state index in [2.05, 4.69) is 31.4 Å². The first-order valence-electron chi connectivity index (χ1n) is 9.42. The van der Waals surface area contributed by atoms with Gasteiger partial charge in [0, 0.05) is 11.7 Å². The number of aryl methyl sites for hydroxylation is 2. The van der Waals surface area contributed by atoms with Gasteiger partial charge in [-0.1, -0.05) is 39.3 Å². The first kappa shape index (κ1) is 19.5. The van der Waals surface area contributed by atoms with Gasteiger partial charge in [-0.05, 0) is 68.1 Å². The van der Waals surface area contributed by atoms with Gasteiger partial charge in [0.25, 0.3) is 0 Å². The zero-order valence-corrected chi connectivity index (χ0v) is 16.2. The Hall–Kier alpha value is -1.84. The molecule has 2 amide bonds. The Morgan fingerprint density at radius 2 is 1.72 bits per heavy atom. The van der Waals surface area contributed by atoms with Gasteiger partial charge in [0.15, 0.2) is 0 Å². The van der Waals surface area contributed by atoms with Gasteiger partial charge >= 0.3 is 11.8 Å². The second kappa shape index (κ2) is 8.03. The highest BCUT2D eigenvalue weighted by Crippen LogP contribution is 2.40. The van der Waals surface area contributed by atoms with Crippen molar-refractivity contribution in [2.45, 2.75) is 72.8 Å². The highest BCUT2D eigenvalue weighted by Gasteiger charge is 2.32. The Morgan fingerprint density at radius 3 is 2.32 bits per heavy atom. The molecule has 0 radical (unpaired) electrons. The average Bonchev–Trinajstić information content (AvgIpc) is 2.58. The fourth-order valence-electron chi connectivity index (χ4n) is 3.61. The van der Waals surface area contributed by atoms with Crippen LogP contribution < -0.4 is 10.6 Å². The van der Waals surface area contributed by atoms with Crippen LogP contribution in [-0.4, -0.2) is 17.9 Å². The van der Waals surface area contributed by atoms with Gasteiger partial charge in [-0.15, -0.1) is 0 Å². The summed E-state index contributed by atoms with van der Waals surface area (Å²) in [6.07, 6.45) is 5.31. The molecule has 138 valence electrons. The van der Waals surface area contributed by atoms with E-state index in [-0.39, 0.29) is 6.04 Å². The van der Waals surface area contributed by atoms with Gasteiger partial charge in [-0.2, -0.15) is 0 Å². The molecule has 0 spiro atoms. The standard InChI is InChI=1S/C21H32N2O2/c1-6-21(4,5)16-9-11-17(12-10-16)22-19(24)20(25)23-18-13-14(2)7-8-15(18)3/h7-8,13,16-17H,6,9-12H2,1-5H3,(H,22,24)(H,23,25). The van der Waals surface area contributed by atoms with E-state index < -0.39 is 11.8 Å². The van der Waals surface area contributed by atoms with Crippen molar-refractivity contribution in [3.05, 3.63) is 29.3 Å². The maximum atomic E-state index is 12.2. The minimum absolute atomic E-state index is 0.112. The molecule has 4 heteroatoms. The highest BCUT2D eigenvalue weighted by molar-refractivity contribution is 6.39. The molecule has 4 nitrogen and oxygen atoms in total. The molecule has 1 aliphatic rings. The molecule has 2 N–H and O–H groups in total. The molecule has 1 aliphatic carbocycles. The van der Waals surface area contributed by atoms with Gasteiger partial charge in [0.1, 0.15) is 0 Å². The number of hydrogen-bond donors (Lipinski definition) is 2. The van der Waals surface area contributed by atoms with E-state index in [0.717, 1.165) is 36.8 Å². The van der Waals surface area contributed by atoms with Crippen LogP contribution in [0.3, 0.4) is 0 Å². The number of nitrogens with one attached hydrogen (secondary N) is 2. The molecular formula is C21H32N2O2. The maximum Gasteiger partial charge on any atom is 0.313 e. The SMILES string of the molecule is CCC(C)(C)C1CCC(NC(=O)C(=O)Nc2cc(C)ccc2C)CC1. The monoisotopic (exact) mass is 344 g/mol.